The van der Waals surface area contributed by atoms with Gasteiger partial charge in [-0.3, -0.25) is 9.63 Å². The van der Waals surface area contributed by atoms with Gasteiger partial charge in [0.15, 0.2) is 0 Å². The van der Waals surface area contributed by atoms with Gasteiger partial charge in [-0.25, -0.2) is 0 Å². The maximum atomic E-state index is 10.7. The molecule has 0 aromatic carbocycles. The van der Waals surface area contributed by atoms with Crippen LogP contribution in [0.5, 0.6) is 0 Å². The van der Waals surface area contributed by atoms with E-state index in [0.717, 1.165) is 6.42 Å². The molecule has 1 rings (SSSR count). The molecule has 3 N–H and O–H groups in total. The SMILES string of the molecule is O=C(O)[C@@H]1CCCN1OCC(O)CO. The lowest BCUT2D eigenvalue weighted by molar-refractivity contribution is -0.200. The van der Waals surface area contributed by atoms with Crippen LogP contribution in [0.25, 0.3) is 0 Å². The summed E-state index contributed by atoms with van der Waals surface area (Å²) in [6.45, 7) is 0.0982. The largest absolute Gasteiger partial charge is 0.480 e. The molecule has 0 radical (unpaired) electrons. The van der Waals surface area contributed by atoms with E-state index >= 15 is 0 Å². The summed E-state index contributed by atoms with van der Waals surface area (Å²) in [5, 5.41) is 27.6. The van der Waals surface area contributed by atoms with Crippen molar-refractivity contribution < 1.29 is 25.0 Å². The highest BCUT2D eigenvalue weighted by atomic mass is 16.7. The second kappa shape index (κ2) is 5.26. The second-order valence-electron chi connectivity index (χ2n) is 3.27. The fourth-order valence-corrected chi connectivity index (χ4v) is 1.38. The highest BCUT2D eigenvalue weighted by molar-refractivity contribution is 5.73. The highest BCUT2D eigenvalue weighted by Gasteiger charge is 2.31. The zero-order chi connectivity index (χ0) is 10.6. The first-order valence-electron chi connectivity index (χ1n) is 4.56. The van der Waals surface area contributed by atoms with Gasteiger partial charge in [-0.05, 0) is 12.8 Å². The first kappa shape index (κ1) is 11.4. The van der Waals surface area contributed by atoms with Crippen LogP contribution in [0.2, 0.25) is 0 Å². The monoisotopic (exact) mass is 205 g/mol. The molecule has 6 nitrogen and oxygen atoms in total. The van der Waals surface area contributed by atoms with E-state index in [2.05, 4.69) is 0 Å². The molecular weight excluding hydrogens is 190 g/mol. The van der Waals surface area contributed by atoms with Crippen LogP contribution in [-0.2, 0) is 9.63 Å². The summed E-state index contributed by atoms with van der Waals surface area (Å²) < 4.78 is 0. The lowest BCUT2D eigenvalue weighted by Gasteiger charge is -2.21. The molecule has 0 aromatic heterocycles. The predicted octanol–water partition coefficient (Wildman–Crippen LogP) is -1.18. The number of aliphatic hydroxyl groups is 2. The molecule has 14 heavy (non-hydrogen) atoms. The molecule has 1 heterocycles. The molecule has 0 aromatic rings. The van der Waals surface area contributed by atoms with Crippen LogP contribution in [0.4, 0.5) is 0 Å². The van der Waals surface area contributed by atoms with Crippen LogP contribution in [0.15, 0.2) is 0 Å². The Morgan fingerprint density at radius 3 is 2.93 bits per heavy atom. The van der Waals surface area contributed by atoms with Crippen molar-refractivity contribution in [3.8, 4) is 0 Å². The Morgan fingerprint density at radius 2 is 2.36 bits per heavy atom. The van der Waals surface area contributed by atoms with Crippen LogP contribution >= 0.6 is 0 Å². The van der Waals surface area contributed by atoms with Crippen LogP contribution < -0.4 is 0 Å². The van der Waals surface area contributed by atoms with E-state index < -0.39 is 18.1 Å². The van der Waals surface area contributed by atoms with Gasteiger partial charge in [0, 0.05) is 6.54 Å². The van der Waals surface area contributed by atoms with Crippen LogP contribution in [-0.4, -0.2) is 58.3 Å². The summed E-state index contributed by atoms with van der Waals surface area (Å²) in [5.41, 5.74) is 0. The van der Waals surface area contributed by atoms with Gasteiger partial charge in [0.2, 0.25) is 0 Å². The van der Waals surface area contributed by atoms with E-state index in [1.165, 1.54) is 5.06 Å². The first-order chi connectivity index (χ1) is 6.65. The molecule has 82 valence electrons. The van der Waals surface area contributed by atoms with Gasteiger partial charge in [-0.2, -0.15) is 5.06 Å². The average molecular weight is 205 g/mol. The van der Waals surface area contributed by atoms with Gasteiger partial charge >= 0.3 is 5.97 Å². The van der Waals surface area contributed by atoms with E-state index in [1.807, 2.05) is 0 Å². The van der Waals surface area contributed by atoms with Crippen molar-refractivity contribution in [2.75, 3.05) is 19.8 Å². The number of rotatable bonds is 5. The number of carbonyl (C=O) groups is 1. The third-order valence-corrected chi connectivity index (χ3v) is 2.13. The molecule has 1 aliphatic heterocycles. The highest BCUT2D eigenvalue weighted by Crippen LogP contribution is 2.17. The molecule has 2 atom stereocenters. The molecule has 1 saturated heterocycles. The average Bonchev–Trinajstić information content (AvgIpc) is 2.62. The molecule has 0 aliphatic carbocycles. The minimum atomic E-state index is -0.954. The number of hydroxylamine groups is 2. The molecule has 0 bridgehead atoms. The van der Waals surface area contributed by atoms with Gasteiger partial charge in [0.1, 0.15) is 12.1 Å². The normalized spacial score (nSPS) is 25.1. The van der Waals surface area contributed by atoms with Crippen LogP contribution in [0, 0.1) is 0 Å². The number of hydrogen-bond acceptors (Lipinski definition) is 5. The van der Waals surface area contributed by atoms with Crippen molar-refractivity contribution in [2.45, 2.75) is 25.0 Å². The van der Waals surface area contributed by atoms with Crippen LogP contribution in [0.1, 0.15) is 12.8 Å². The Hall–Kier alpha value is -0.690. The van der Waals surface area contributed by atoms with Gasteiger partial charge in [0.05, 0.1) is 13.2 Å². The van der Waals surface area contributed by atoms with Crippen molar-refractivity contribution in [2.24, 2.45) is 0 Å². The fraction of sp³-hybridized carbons (Fsp3) is 0.875. The summed E-state index contributed by atoms with van der Waals surface area (Å²) in [4.78, 5) is 15.8. The smallest absolute Gasteiger partial charge is 0.323 e. The maximum Gasteiger partial charge on any atom is 0.323 e. The summed E-state index contributed by atoms with van der Waals surface area (Å²) in [6.07, 6.45) is 0.376. The summed E-state index contributed by atoms with van der Waals surface area (Å²) in [6, 6.07) is -0.624. The van der Waals surface area contributed by atoms with Crippen molar-refractivity contribution in [3.63, 3.8) is 0 Å². The van der Waals surface area contributed by atoms with Gasteiger partial charge in [-0.15, -0.1) is 0 Å². The third kappa shape index (κ3) is 2.91. The fourth-order valence-electron chi connectivity index (χ4n) is 1.38. The van der Waals surface area contributed by atoms with E-state index in [1.54, 1.807) is 0 Å². The van der Waals surface area contributed by atoms with Gasteiger partial charge in [-0.1, -0.05) is 0 Å². The molecule has 0 amide bonds. The second-order valence-corrected chi connectivity index (χ2v) is 3.27. The molecule has 0 spiro atoms. The van der Waals surface area contributed by atoms with Crippen LogP contribution in [0.3, 0.4) is 0 Å². The number of hydrogen-bond donors (Lipinski definition) is 3. The summed E-state index contributed by atoms with van der Waals surface area (Å²) >= 11 is 0. The molecule has 1 unspecified atom stereocenters. The zero-order valence-corrected chi connectivity index (χ0v) is 7.80. The van der Waals surface area contributed by atoms with E-state index in [9.17, 15) is 4.79 Å². The van der Waals surface area contributed by atoms with Gasteiger partial charge in [0.25, 0.3) is 0 Å². The van der Waals surface area contributed by atoms with Crippen molar-refractivity contribution in [3.05, 3.63) is 0 Å². The molecular formula is C8H15NO5. The number of nitrogens with zero attached hydrogens (tertiary/aromatic N) is 1. The summed E-state index contributed by atoms with van der Waals surface area (Å²) in [5.74, 6) is -0.916. The lowest BCUT2D eigenvalue weighted by atomic mass is 10.2. The topological polar surface area (TPSA) is 90.2 Å². The first-order valence-corrected chi connectivity index (χ1v) is 4.56. The number of carboxylic acid groups (broad SMARTS) is 1. The van der Waals surface area contributed by atoms with Gasteiger partial charge < -0.3 is 15.3 Å². The van der Waals surface area contributed by atoms with E-state index in [-0.39, 0.29) is 13.2 Å². The zero-order valence-electron chi connectivity index (χ0n) is 7.80. The Balaban J connectivity index is 2.32. The van der Waals surface area contributed by atoms with E-state index in [0.29, 0.717) is 13.0 Å². The minimum Gasteiger partial charge on any atom is -0.480 e. The van der Waals surface area contributed by atoms with Crippen molar-refractivity contribution in [1.82, 2.24) is 5.06 Å². The quantitative estimate of drug-likeness (QED) is 0.523. The number of aliphatic hydroxyl groups excluding tert-OH is 2. The Kier molecular flexibility index (Phi) is 4.27. The van der Waals surface area contributed by atoms with Crippen molar-refractivity contribution >= 4 is 5.97 Å². The maximum absolute atomic E-state index is 10.7. The Bertz CT molecular complexity index is 198. The Morgan fingerprint density at radius 1 is 1.64 bits per heavy atom. The lowest BCUT2D eigenvalue weighted by Crippen LogP contribution is -2.38. The molecule has 1 fully saturated rings. The number of aliphatic carboxylic acids is 1. The standard InChI is InChI=1S/C8H15NO5/c10-4-6(11)5-14-9-3-1-2-7(9)8(12)13/h6-7,10-11H,1-5H2,(H,12,13)/t6?,7-/m0/s1. The predicted molar refractivity (Wildman–Crippen MR) is 46.4 cm³/mol. The minimum absolute atomic E-state index is 0.0692. The third-order valence-electron chi connectivity index (χ3n) is 2.13. The molecule has 6 heteroatoms. The number of carboxylic acids is 1. The van der Waals surface area contributed by atoms with Crippen molar-refractivity contribution in [1.29, 1.82) is 0 Å². The Labute approximate surface area is 81.7 Å². The molecule has 1 aliphatic rings. The molecule has 0 saturated carbocycles. The summed E-state index contributed by atoms with van der Waals surface area (Å²) in [7, 11) is 0. The van der Waals surface area contributed by atoms with E-state index in [4.69, 9.17) is 20.2 Å².